The molecule has 3 atom stereocenters. The smallest absolute Gasteiger partial charge is 0.317 e. The lowest BCUT2D eigenvalue weighted by molar-refractivity contribution is 0.129. The molecule has 2 rings (SSSR count). The van der Waals surface area contributed by atoms with Gasteiger partial charge in [-0.1, -0.05) is 0 Å². The Morgan fingerprint density at radius 2 is 2.29 bits per heavy atom. The Bertz CT molecular complexity index is 266. The predicted molar refractivity (Wildman–Crippen MR) is 65.7 cm³/mol. The molecular formula is C12H23N3O2. The standard InChI is InChI=1S/C12H23N3O2/c1-9-2-3-10(6-13)7-15(9)12(16)14-11-4-5-17-8-11/h9-11H,2-8,13H2,1H3,(H,14,16). The first-order valence-electron chi connectivity index (χ1n) is 6.55. The van der Waals surface area contributed by atoms with Gasteiger partial charge in [0, 0.05) is 19.2 Å². The van der Waals surface area contributed by atoms with Crippen molar-refractivity contribution in [2.24, 2.45) is 11.7 Å². The molecule has 2 heterocycles. The van der Waals surface area contributed by atoms with Crippen molar-refractivity contribution in [1.29, 1.82) is 0 Å². The number of hydrogen-bond donors (Lipinski definition) is 2. The van der Waals surface area contributed by atoms with E-state index in [0.29, 0.717) is 25.1 Å². The van der Waals surface area contributed by atoms with Crippen LogP contribution in [0.25, 0.3) is 0 Å². The molecule has 2 amide bonds. The molecule has 17 heavy (non-hydrogen) atoms. The lowest BCUT2D eigenvalue weighted by Crippen LogP contribution is -2.53. The van der Waals surface area contributed by atoms with E-state index in [1.807, 2.05) is 4.90 Å². The van der Waals surface area contributed by atoms with E-state index in [0.717, 1.165) is 32.4 Å². The second-order valence-electron chi connectivity index (χ2n) is 5.19. The minimum atomic E-state index is 0.0474. The third-order valence-corrected chi connectivity index (χ3v) is 3.83. The van der Waals surface area contributed by atoms with Crippen LogP contribution in [0.4, 0.5) is 4.79 Å². The predicted octanol–water partition coefficient (Wildman–Crippen LogP) is 0.544. The number of carbonyl (C=O) groups excluding carboxylic acids is 1. The van der Waals surface area contributed by atoms with Crippen LogP contribution in [0.2, 0.25) is 0 Å². The summed E-state index contributed by atoms with van der Waals surface area (Å²) in [6.45, 7) is 4.97. The van der Waals surface area contributed by atoms with Crippen LogP contribution in [-0.2, 0) is 4.74 Å². The van der Waals surface area contributed by atoms with Crippen molar-refractivity contribution in [1.82, 2.24) is 10.2 Å². The second-order valence-corrected chi connectivity index (χ2v) is 5.19. The zero-order chi connectivity index (χ0) is 12.3. The van der Waals surface area contributed by atoms with Crippen LogP contribution in [0, 0.1) is 5.92 Å². The summed E-state index contributed by atoms with van der Waals surface area (Å²) < 4.78 is 5.26. The van der Waals surface area contributed by atoms with Gasteiger partial charge in [0.15, 0.2) is 0 Å². The number of urea groups is 1. The van der Waals surface area contributed by atoms with E-state index >= 15 is 0 Å². The SMILES string of the molecule is CC1CCC(CN)CN1C(=O)NC1CCOC1. The van der Waals surface area contributed by atoms with E-state index in [1.54, 1.807) is 0 Å². The largest absolute Gasteiger partial charge is 0.379 e. The summed E-state index contributed by atoms with van der Waals surface area (Å²) in [5, 5.41) is 3.04. The number of nitrogens with one attached hydrogen (secondary N) is 1. The van der Waals surface area contributed by atoms with Gasteiger partial charge in [-0.05, 0) is 38.6 Å². The van der Waals surface area contributed by atoms with E-state index < -0.39 is 0 Å². The third kappa shape index (κ3) is 3.10. The maximum Gasteiger partial charge on any atom is 0.317 e. The molecule has 2 fully saturated rings. The summed E-state index contributed by atoms with van der Waals surface area (Å²) in [5.41, 5.74) is 5.70. The number of likely N-dealkylation sites (tertiary alicyclic amines) is 1. The second kappa shape index (κ2) is 5.69. The number of amides is 2. The van der Waals surface area contributed by atoms with Crippen LogP contribution >= 0.6 is 0 Å². The lowest BCUT2D eigenvalue weighted by Gasteiger charge is -2.38. The zero-order valence-corrected chi connectivity index (χ0v) is 10.5. The number of hydrogen-bond acceptors (Lipinski definition) is 3. The molecule has 2 saturated heterocycles. The Hall–Kier alpha value is -0.810. The summed E-state index contributed by atoms with van der Waals surface area (Å²) in [4.78, 5) is 14.1. The first-order chi connectivity index (χ1) is 8.20. The van der Waals surface area contributed by atoms with Crippen LogP contribution in [-0.4, -0.2) is 49.3 Å². The van der Waals surface area contributed by atoms with Gasteiger partial charge in [0.25, 0.3) is 0 Å². The van der Waals surface area contributed by atoms with Gasteiger partial charge in [-0.3, -0.25) is 0 Å². The average Bonchev–Trinajstić information content (AvgIpc) is 2.82. The quantitative estimate of drug-likeness (QED) is 0.741. The topological polar surface area (TPSA) is 67.6 Å². The van der Waals surface area contributed by atoms with Crippen molar-refractivity contribution in [2.45, 2.75) is 38.3 Å². The van der Waals surface area contributed by atoms with Crippen molar-refractivity contribution in [3.63, 3.8) is 0 Å². The van der Waals surface area contributed by atoms with Gasteiger partial charge >= 0.3 is 6.03 Å². The fraction of sp³-hybridized carbons (Fsp3) is 0.917. The fourth-order valence-electron chi connectivity index (χ4n) is 2.56. The number of rotatable bonds is 2. The fourth-order valence-corrected chi connectivity index (χ4v) is 2.56. The molecule has 0 aromatic heterocycles. The van der Waals surface area contributed by atoms with Gasteiger partial charge in [0.05, 0.1) is 12.6 Å². The highest BCUT2D eigenvalue weighted by molar-refractivity contribution is 5.75. The lowest BCUT2D eigenvalue weighted by atomic mass is 9.94. The molecule has 5 nitrogen and oxygen atoms in total. The Morgan fingerprint density at radius 1 is 1.47 bits per heavy atom. The van der Waals surface area contributed by atoms with Gasteiger partial charge < -0.3 is 20.7 Å². The van der Waals surface area contributed by atoms with Gasteiger partial charge in [-0.25, -0.2) is 4.79 Å². The Labute approximate surface area is 103 Å². The molecule has 5 heteroatoms. The van der Waals surface area contributed by atoms with Gasteiger partial charge in [0.2, 0.25) is 0 Å². The van der Waals surface area contributed by atoms with E-state index in [-0.39, 0.29) is 12.1 Å². The van der Waals surface area contributed by atoms with Crippen molar-refractivity contribution in [2.75, 3.05) is 26.3 Å². The average molecular weight is 241 g/mol. The molecule has 3 unspecified atom stereocenters. The van der Waals surface area contributed by atoms with Crippen LogP contribution < -0.4 is 11.1 Å². The van der Waals surface area contributed by atoms with Crippen molar-refractivity contribution in [3.8, 4) is 0 Å². The van der Waals surface area contributed by atoms with Gasteiger partial charge in [-0.2, -0.15) is 0 Å². The normalized spacial score (nSPS) is 33.8. The molecule has 2 aliphatic rings. The molecule has 0 aromatic rings. The molecule has 0 aromatic carbocycles. The number of piperidine rings is 1. The maximum atomic E-state index is 12.1. The number of carbonyl (C=O) groups is 1. The summed E-state index contributed by atoms with van der Waals surface area (Å²) in [7, 11) is 0. The van der Waals surface area contributed by atoms with E-state index in [4.69, 9.17) is 10.5 Å². The molecule has 0 spiro atoms. The van der Waals surface area contributed by atoms with Gasteiger partial charge in [-0.15, -0.1) is 0 Å². The summed E-state index contributed by atoms with van der Waals surface area (Å²) in [6, 6.07) is 0.555. The monoisotopic (exact) mass is 241 g/mol. The van der Waals surface area contributed by atoms with Crippen LogP contribution in [0.1, 0.15) is 26.2 Å². The Balaban J connectivity index is 1.87. The molecule has 3 N–H and O–H groups in total. The Morgan fingerprint density at radius 3 is 2.94 bits per heavy atom. The van der Waals surface area contributed by atoms with Crippen molar-refractivity contribution < 1.29 is 9.53 Å². The third-order valence-electron chi connectivity index (χ3n) is 3.83. The summed E-state index contributed by atoms with van der Waals surface area (Å²) in [6.07, 6.45) is 3.11. The zero-order valence-electron chi connectivity index (χ0n) is 10.5. The summed E-state index contributed by atoms with van der Waals surface area (Å²) in [5.74, 6) is 0.455. The maximum absolute atomic E-state index is 12.1. The molecule has 0 bridgehead atoms. The van der Waals surface area contributed by atoms with Gasteiger partial charge in [0.1, 0.15) is 0 Å². The molecule has 2 aliphatic heterocycles. The Kier molecular flexibility index (Phi) is 4.23. The minimum Gasteiger partial charge on any atom is -0.379 e. The van der Waals surface area contributed by atoms with Crippen LogP contribution in [0.5, 0.6) is 0 Å². The first kappa shape index (κ1) is 12.6. The molecular weight excluding hydrogens is 218 g/mol. The highest BCUT2D eigenvalue weighted by atomic mass is 16.5. The molecule has 0 radical (unpaired) electrons. The molecule has 0 aliphatic carbocycles. The summed E-state index contributed by atoms with van der Waals surface area (Å²) >= 11 is 0. The highest BCUT2D eigenvalue weighted by Crippen LogP contribution is 2.21. The van der Waals surface area contributed by atoms with E-state index in [2.05, 4.69) is 12.2 Å². The number of nitrogens with zero attached hydrogens (tertiary/aromatic N) is 1. The van der Waals surface area contributed by atoms with Crippen LogP contribution in [0.3, 0.4) is 0 Å². The molecule has 0 saturated carbocycles. The van der Waals surface area contributed by atoms with Crippen molar-refractivity contribution >= 4 is 6.03 Å². The minimum absolute atomic E-state index is 0.0474. The first-order valence-corrected chi connectivity index (χ1v) is 6.55. The highest BCUT2D eigenvalue weighted by Gasteiger charge is 2.29. The van der Waals surface area contributed by atoms with Crippen molar-refractivity contribution in [3.05, 3.63) is 0 Å². The van der Waals surface area contributed by atoms with E-state index in [9.17, 15) is 4.79 Å². The molecule has 98 valence electrons. The van der Waals surface area contributed by atoms with Crippen LogP contribution in [0.15, 0.2) is 0 Å². The van der Waals surface area contributed by atoms with E-state index in [1.165, 1.54) is 0 Å². The number of ether oxygens (including phenoxy) is 1. The number of nitrogens with two attached hydrogens (primary N) is 1.